The number of nitrogens with zero attached hydrogens (tertiary/aromatic N) is 2. The van der Waals surface area contributed by atoms with Crippen LogP contribution in [0.4, 0.5) is 35.1 Å². The summed E-state index contributed by atoms with van der Waals surface area (Å²) >= 11 is 0. The molecule has 0 amide bonds. The van der Waals surface area contributed by atoms with E-state index in [0.29, 0.717) is 0 Å². The minimum Gasteiger partial charge on any atom is -0.240 e. The molecule has 0 aromatic carbocycles. The van der Waals surface area contributed by atoms with Crippen LogP contribution >= 0.6 is 0 Å². The Morgan fingerprint density at radius 2 is 1.65 bits per heavy atom. The summed E-state index contributed by atoms with van der Waals surface area (Å²) in [5, 5.41) is 0. The maximum absolute atomic E-state index is 13.2. The first kappa shape index (κ1) is 16.7. The summed E-state index contributed by atoms with van der Waals surface area (Å²) < 4.78 is 103. The van der Waals surface area contributed by atoms with E-state index in [1.165, 1.54) is 30.3 Å². The number of aryl methyl sites for hydroxylation is 2. The monoisotopic (exact) mass is 311 g/mol. The van der Waals surface area contributed by atoms with Crippen LogP contribution in [0.1, 0.15) is 6.42 Å². The summed E-state index contributed by atoms with van der Waals surface area (Å²) in [4.78, 5) is 0. The minimum absolute atomic E-state index is 0.719. The van der Waals surface area contributed by atoms with Crippen molar-refractivity contribution in [2.75, 3.05) is 0 Å². The Hall–Kier alpha value is -1.35. The molecule has 10 heteroatoms. The Morgan fingerprint density at radius 3 is 2.05 bits per heavy atom. The van der Waals surface area contributed by atoms with Gasteiger partial charge in [0.25, 0.3) is 0 Å². The lowest BCUT2D eigenvalue weighted by Gasteiger charge is -2.31. The normalized spacial score (nSPS) is 14.1. The van der Waals surface area contributed by atoms with E-state index < -0.39 is 37.2 Å². The predicted molar refractivity (Wildman–Crippen MR) is 51.1 cm³/mol. The second-order valence-corrected chi connectivity index (χ2v) is 4.27. The van der Waals surface area contributed by atoms with Gasteiger partial charge in [-0.15, -0.1) is 0 Å². The lowest BCUT2D eigenvalue weighted by molar-refractivity contribution is -0.671. The third-order valence-corrected chi connectivity index (χ3v) is 2.66. The third kappa shape index (κ3) is 2.88. The zero-order valence-corrected chi connectivity index (χ0v) is 10.1. The molecule has 0 aliphatic heterocycles. The van der Waals surface area contributed by atoms with E-state index in [4.69, 9.17) is 0 Å². The van der Waals surface area contributed by atoms with Crippen LogP contribution in [-0.4, -0.2) is 28.8 Å². The Labute approximate surface area is 108 Å². The van der Waals surface area contributed by atoms with Gasteiger partial charge in [-0.3, -0.25) is 0 Å². The van der Waals surface area contributed by atoms with E-state index >= 15 is 0 Å². The fraction of sp³-hybridized carbons (Fsp3) is 0.700. The molecule has 0 atom stereocenters. The fourth-order valence-electron chi connectivity index (χ4n) is 1.44. The topological polar surface area (TPSA) is 8.81 Å². The third-order valence-electron chi connectivity index (χ3n) is 2.66. The van der Waals surface area contributed by atoms with Crippen LogP contribution in [0.5, 0.6) is 0 Å². The molecule has 1 heterocycles. The van der Waals surface area contributed by atoms with Crippen molar-refractivity contribution in [1.82, 2.24) is 4.57 Å². The zero-order chi connectivity index (χ0) is 15.8. The van der Waals surface area contributed by atoms with Crippen molar-refractivity contribution < 1.29 is 39.7 Å². The summed E-state index contributed by atoms with van der Waals surface area (Å²) in [6.45, 7) is -0.719. The molecule has 0 N–H and O–H groups in total. The van der Waals surface area contributed by atoms with Crippen LogP contribution in [0.3, 0.4) is 0 Å². The molecule has 116 valence electrons. The lowest BCUT2D eigenvalue weighted by atomic mass is 10.0. The molecule has 0 saturated carbocycles. The molecule has 0 unspecified atom stereocenters. The van der Waals surface area contributed by atoms with Gasteiger partial charge in [-0.05, 0) is 0 Å². The minimum atomic E-state index is -6.14. The summed E-state index contributed by atoms with van der Waals surface area (Å²) in [5.41, 5.74) is 0. The molecular weight excluding hydrogens is 300 g/mol. The van der Waals surface area contributed by atoms with Crippen LogP contribution in [0, 0.1) is 0 Å². The molecule has 0 saturated heterocycles. The van der Waals surface area contributed by atoms with Gasteiger partial charge in [-0.25, -0.2) is 17.9 Å². The van der Waals surface area contributed by atoms with E-state index in [1.54, 1.807) is 0 Å². The number of alkyl halides is 8. The first-order valence-corrected chi connectivity index (χ1v) is 5.34. The molecule has 1 rings (SSSR count). The Balaban J connectivity index is 2.86. The molecule has 1 aromatic heterocycles. The number of aromatic nitrogens is 2. The van der Waals surface area contributed by atoms with Gasteiger partial charge >= 0.3 is 24.2 Å². The molecule has 0 bridgehead atoms. The smallest absolute Gasteiger partial charge is 0.240 e. The van der Waals surface area contributed by atoms with E-state index in [1.807, 2.05) is 0 Å². The van der Waals surface area contributed by atoms with E-state index in [2.05, 4.69) is 0 Å². The van der Waals surface area contributed by atoms with Crippen LogP contribution < -0.4 is 4.57 Å². The highest BCUT2D eigenvalue weighted by atomic mass is 19.4. The molecule has 1 aromatic rings. The summed E-state index contributed by atoms with van der Waals surface area (Å²) in [7, 11) is 1.52. The highest BCUT2D eigenvalue weighted by molar-refractivity contribution is 4.97. The number of halogens is 8. The Morgan fingerprint density at radius 1 is 1.10 bits per heavy atom. The first-order valence-electron chi connectivity index (χ1n) is 5.34. The van der Waals surface area contributed by atoms with Crippen LogP contribution in [-0.2, 0) is 13.6 Å². The van der Waals surface area contributed by atoms with Gasteiger partial charge in [0.1, 0.15) is 12.4 Å². The molecule has 0 aliphatic rings. The van der Waals surface area contributed by atoms with Gasteiger partial charge < -0.3 is 0 Å². The van der Waals surface area contributed by atoms with Crippen molar-refractivity contribution in [3.63, 3.8) is 0 Å². The van der Waals surface area contributed by atoms with Gasteiger partial charge in [-0.2, -0.15) is 26.3 Å². The Kier molecular flexibility index (Phi) is 4.35. The molecular formula is C10H11F8N2+. The van der Waals surface area contributed by atoms with E-state index in [0.717, 1.165) is 4.57 Å². The number of rotatable bonds is 6. The first-order chi connectivity index (χ1) is 8.92. The molecule has 20 heavy (non-hydrogen) atoms. The van der Waals surface area contributed by atoms with Crippen molar-refractivity contribution >= 4 is 0 Å². The molecule has 0 fully saturated rings. The second kappa shape index (κ2) is 5.21. The zero-order valence-electron chi connectivity index (χ0n) is 10.1. The SMILES string of the molecule is C[n+]1ccn(CCC(F)(F)C(F)(F)C(F)(F)C(F)F)c1. The quantitative estimate of drug-likeness (QED) is 0.564. The summed E-state index contributed by atoms with van der Waals surface area (Å²) in [6.07, 6.45) is -2.67. The van der Waals surface area contributed by atoms with Crippen LogP contribution in [0.2, 0.25) is 0 Å². The maximum Gasteiger partial charge on any atom is 0.378 e. The lowest BCUT2D eigenvalue weighted by Crippen LogP contribution is -2.57. The van der Waals surface area contributed by atoms with Crippen LogP contribution in [0.25, 0.3) is 0 Å². The van der Waals surface area contributed by atoms with Gasteiger partial charge in [-0.1, -0.05) is 0 Å². The van der Waals surface area contributed by atoms with Crippen molar-refractivity contribution in [2.45, 2.75) is 37.2 Å². The van der Waals surface area contributed by atoms with Gasteiger partial charge in [0.15, 0.2) is 0 Å². The summed E-state index contributed by atoms with van der Waals surface area (Å²) in [5.74, 6) is -17.5. The molecule has 0 spiro atoms. The van der Waals surface area contributed by atoms with E-state index in [-0.39, 0.29) is 0 Å². The average Bonchev–Trinajstić information content (AvgIpc) is 2.72. The van der Waals surface area contributed by atoms with E-state index in [9.17, 15) is 35.1 Å². The van der Waals surface area contributed by atoms with Gasteiger partial charge in [0.05, 0.1) is 20.0 Å². The molecule has 0 radical (unpaired) electrons. The van der Waals surface area contributed by atoms with Crippen molar-refractivity contribution in [2.24, 2.45) is 7.05 Å². The second-order valence-electron chi connectivity index (χ2n) is 4.27. The van der Waals surface area contributed by atoms with Gasteiger partial charge in [0.2, 0.25) is 6.33 Å². The average molecular weight is 311 g/mol. The highest BCUT2D eigenvalue weighted by Crippen LogP contribution is 2.49. The standard InChI is InChI=1S/C10H11F8N2/c1-19-4-5-20(6-19)3-2-8(13,14)10(17,18)9(15,16)7(11)12/h4-7H,2-3H2,1H3/q+1. The van der Waals surface area contributed by atoms with Crippen LogP contribution in [0.15, 0.2) is 18.7 Å². The van der Waals surface area contributed by atoms with Crippen molar-refractivity contribution in [3.05, 3.63) is 18.7 Å². The number of hydrogen-bond donors (Lipinski definition) is 0. The molecule has 0 aliphatic carbocycles. The largest absolute Gasteiger partial charge is 0.378 e. The van der Waals surface area contributed by atoms with Gasteiger partial charge in [0, 0.05) is 0 Å². The predicted octanol–water partition coefficient (Wildman–Crippen LogP) is 2.87. The summed E-state index contributed by atoms with van der Waals surface area (Å²) in [6, 6.07) is 0. The van der Waals surface area contributed by atoms with Crippen molar-refractivity contribution in [1.29, 1.82) is 0 Å². The number of imidazole rings is 1. The highest BCUT2D eigenvalue weighted by Gasteiger charge is 2.74. The Bertz CT molecular complexity index is 454. The number of hydrogen-bond acceptors (Lipinski definition) is 0. The van der Waals surface area contributed by atoms with Crippen molar-refractivity contribution in [3.8, 4) is 0 Å². The molecule has 2 nitrogen and oxygen atoms in total. The maximum atomic E-state index is 13.2. The fourth-order valence-corrected chi connectivity index (χ4v) is 1.44.